The highest BCUT2D eigenvalue weighted by Gasteiger charge is 2.20. The Hall–Kier alpha value is -2.00. The molecule has 0 heterocycles. The third-order valence-corrected chi connectivity index (χ3v) is 3.18. The summed E-state index contributed by atoms with van der Waals surface area (Å²) >= 11 is 5.91. The quantitative estimate of drug-likeness (QED) is 0.913. The van der Waals surface area contributed by atoms with Crippen LogP contribution < -0.4 is 4.74 Å². The number of rotatable bonds is 5. The zero-order valence-electron chi connectivity index (χ0n) is 11.0. The summed E-state index contributed by atoms with van der Waals surface area (Å²) in [6.45, 7) is 1.88. The van der Waals surface area contributed by atoms with Crippen molar-refractivity contribution >= 4 is 17.6 Å². The van der Waals surface area contributed by atoms with Crippen LogP contribution in [0.4, 0.5) is 0 Å². The van der Waals surface area contributed by atoms with Gasteiger partial charge in [0.25, 0.3) is 0 Å². The highest BCUT2D eigenvalue weighted by atomic mass is 35.5. The normalized spacial score (nSPS) is 11.9. The van der Waals surface area contributed by atoms with Crippen molar-refractivity contribution in [3.05, 3.63) is 64.7 Å². The van der Waals surface area contributed by atoms with Crippen LogP contribution in [0.25, 0.3) is 0 Å². The van der Waals surface area contributed by atoms with E-state index in [0.29, 0.717) is 10.8 Å². The molecular weight excluding hydrogens is 276 g/mol. The average molecular weight is 291 g/mol. The molecule has 0 aliphatic rings. The fourth-order valence-electron chi connectivity index (χ4n) is 1.90. The van der Waals surface area contributed by atoms with Crippen LogP contribution in [-0.2, 0) is 11.2 Å². The van der Waals surface area contributed by atoms with Crippen LogP contribution >= 0.6 is 11.6 Å². The predicted octanol–water partition coefficient (Wildman–Crippen LogP) is 3.72. The SMILES string of the molecule is Cc1ccccc1OC(Cc1cccc(Cl)c1)C(=O)O. The lowest BCUT2D eigenvalue weighted by Gasteiger charge is -2.16. The van der Waals surface area contributed by atoms with Crippen molar-refractivity contribution < 1.29 is 14.6 Å². The molecule has 4 heteroatoms. The second-order valence-corrected chi connectivity index (χ2v) is 4.98. The Morgan fingerprint density at radius 2 is 2.00 bits per heavy atom. The number of benzene rings is 2. The monoisotopic (exact) mass is 290 g/mol. The summed E-state index contributed by atoms with van der Waals surface area (Å²) < 4.78 is 5.61. The van der Waals surface area contributed by atoms with Gasteiger partial charge in [0.15, 0.2) is 6.10 Å². The van der Waals surface area contributed by atoms with Crippen LogP contribution in [0.1, 0.15) is 11.1 Å². The van der Waals surface area contributed by atoms with E-state index < -0.39 is 12.1 Å². The molecule has 1 atom stereocenters. The smallest absolute Gasteiger partial charge is 0.345 e. The van der Waals surface area contributed by atoms with Crippen LogP contribution in [0.5, 0.6) is 5.75 Å². The van der Waals surface area contributed by atoms with Gasteiger partial charge in [-0.1, -0.05) is 41.9 Å². The molecule has 1 N–H and O–H groups in total. The van der Waals surface area contributed by atoms with Crippen molar-refractivity contribution in [1.82, 2.24) is 0 Å². The lowest BCUT2D eigenvalue weighted by molar-refractivity contribution is -0.145. The fourth-order valence-corrected chi connectivity index (χ4v) is 2.11. The van der Waals surface area contributed by atoms with Crippen molar-refractivity contribution in [1.29, 1.82) is 0 Å². The molecule has 20 heavy (non-hydrogen) atoms. The number of carboxylic acid groups (broad SMARTS) is 1. The molecule has 104 valence electrons. The molecule has 0 saturated heterocycles. The van der Waals surface area contributed by atoms with Gasteiger partial charge in [-0.2, -0.15) is 0 Å². The summed E-state index contributed by atoms with van der Waals surface area (Å²) in [5, 5.41) is 9.88. The van der Waals surface area contributed by atoms with E-state index in [2.05, 4.69) is 0 Å². The summed E-state index contributed by atoms with van der Waals surface area (Å²) in [7, 11) is 0. The Balaban J connectivity index is 2.16. The highest BCUT2D eigenvalue weighted by molar-refractivity contribution is 6.30. The summed E-state index contributed by atoms with van der Waals surface area (Å²) in [5.41, 5.74) is 1.74. The molecule has 0 aliphatic heterocycles. The maximum absolute atomic E-state index is 11.3. The van der Waals surface area contributed by atoms with Crippen LogP contribution in [0.15, 0.2) is 48.5 Å². The van der Waals surface area contributed by atoms with Gasteiger partial charge in [-0.05, 0) is 36.2 Å². The maximum atomic E-state index is 11.3. The Morgan fingerprint density at radius 3 is 2.65 bits per heavy atom. The lowest BCUT2D eigenvalue weighted by atomic mass is 10.1. The number of aryl methyl sites for hydroxylation is 1. The number of carboxylic acids is 1. The van der Waals surface area contributed by atoms with Gasteiger partial charge in [0, 0.05) is 11.4 Å². The van der Waals surface area contributed by atoms with Crippen molar-refractivity contribution in [3.63, 3.8) is 0 Å². The number of ether oxygens (including phenoxy) is 1. The molecular formula is C16H15ClO3. The second kappa shape index (κ2) is 6.44. The molecule has 0 saturated carbocycles. The Morgan fingerprint density at radius 1 is 1.25 bits per heavy atom. The number of hydrogen-bond donors (Lipinski definition) is 1. The van der Waals surface area contributed by atoms with Gasteiger partial charge in [0.05, 0.1) is 0 Å². The van der Waals surface area contributed by atoms with E-state index in [9.17, 15) is 9.90 Å². The standard InChI is InChI=1S/C16H15ClO3/c1-11-5-2-3-8-14(11)20-15(16(18)19)10-12-6-4-7-13(17)9-12/h2-9,15H,10H2,1H3,(H,18,19). The third kappa shape index (κ3) is 3.75. The minimum Gasteiger partial charge on any atom is -0.478 e. The number of aliphatic carboxylic acids is 1. The molecule has 1 unspecified atom stereocenters. The van der Waals surface area contributed by atoms with Gasteiger partial charge in [-0.15, -0.1) is 0 Å². The molecule has 2 aromatic carbocycles. The molecule has 0 aliphatic carbocycles. The largest absolute Gasteiger partial charge is 0.478 e. The molecule has 0 fully saturated rings. The van der Waals surface area contributed by atoms with Gasteiger partial charge in [0.2, 0.25) is 0 Å². The average Bonchev–Trinajstić information content (AvgIpc) is 2.40. The Labute approximate surface area is 122 Å². The van der Waals surface area contributed by atoms with Gasteiger partial charge in [-0.3, -0.25) is 0 Å². The summed E-state index contributed by atoms with van der Waals surface area (Å²) in [5.74, 6) is -0.407. The first kappa shape index (κ1) is 14.4. The molecule has 0 amide bonds. The number of para-hydroxylation sites is 1. The molecule has 2 aromatic rings. The van der Waals surface area contributed by atoms with E-state index >= 15 is 0 Å². The molecule has 2 rings (SSSR count). The summed E-state index contributed by atoms with van der Waals surface area (Å²) in [6.07, 6.45) is -0.668. The van der Waals surface area contributed by atoms with Crippen LogP contribution in [0.3, 0.4) is 0 Å². The van der Waals surface area contributed by atoms with E-state index in [1.165, 1.54) is 0 Å². The number of carbonyl (C=O) groups is 1. The van der Waals surface area contributed by atoms with E-state index in [1.807, 2.05) is 31.2 Å². The van der Waals surface area contributed by atoms with Crippen molar-refractivity contribution in [2.24, 2.45) is 0 Å². The Bertz CT molecular complexity index is 610. The first-order valence-electron chi connectivity index (χ1n) is 6.26. The molecule has 0 aromatic heterocycles. The predicted molar refractivity (Wildman–Crippen MR) is 78.4 cm³/mol. The first-order chi connectivity index (χ1) is 9.56. The number of halogens is 1. The van der Waals surface area contributed by atoms with Crippen molar-refractivity contribution in [3.8, 4) is 5.75 Å². The van der Waals surface area contributed by atoms with E-state index in [4.69, 9.17) is 16.3 Å². The third-order valence-electron chi connectivity index (χ3n) is 2.95. The second-order valence-electron chi connectivity index (χ2n) is 4.54. The maximum Gasteiger partial charge on any atom is 0.345 e. The fraction of sp³-hybridized carbons (Fsp3) is 0.188. The van der Waals surface area contributed by atoms with Crippen LogP contribution in [0.2, 0.25) is 5.02 Å². The summed E-state index contributed by atoms with van der Waals surface area (Å²) in [6, 6.07) is 14.5. The van der Waals surface area contributed by atoms with Gasteiger partial charge in [-0.25, -0.2) is 4.79 Å². The van der Waals surface area contributed by atoms with E-state index in [-0.39, 0.29) is 6.42 Å². The lowest BCUT2D eigenvalue weighted by Crippen LogP contribution is -2.29. The molecule has 3 nitrogen and oxygen atoms in total. The van der Waals surface area contributed by atoms with Gasteiger partial charge < -0.3 is 9.84 Å². The highest BCUT2D eigenvalue weighted by Crippen LogP contribution is 2.20. The van der Waals surface area contributed by atoms with Crippen LogP contribution in [-0.4, -0.2) is 17.2 Å². The van der Waals surface area contributed by atoms with Crippen molar-refractivity contribution in [2.75, 3.05) is 0 Å². The van der Waals surface area contributed by atoms with Crippen molar-refractivity contribution in [2.45, 2.75) is 19.4 Å². The van der Waals surface area contributed by atoms with Gasteiger partial charge in [0.1, 0.15) is 5.75 Å². The van der Waals surface area contributed by atoms with E-state index in [0.717, 1.165) is 11.1 Å². The topological polar surface area (TPSA) is 46.5 Å². The summed E-state index contributed by atoms with van der Waals surface area (Å²) in [4.78, 5) is 11.3. The van der Waals surface area contributed by atoms with E-state index in [1.54, 1.807) is 24.3 Å². The number of hydrogen-bond acceptors (Lipinski definition) is 2. The zero-order chi connectivity index (χ0) is 14.5. The van der Waals surface area contributed by atoms with Gasteiger partial charge >= 0.3 is 5.97 Å². The van der Waals surface area contributed by atoms with Crippen LogP contribution in [0, 0.1) is 6.92 Å². The first-order valence-corrected chi connectivity index (χ1v) is 6.63. The minimum absolute atomic E-state index is 0.268. The minimum atomic E-state index is -0.992. The molecule has 0 bridgehead atoms. The Kier molecular flexibility index (Phi) is 4.64. The molecule has 0 radical (unpaired) electrons. The zero-order valence-corrected chi connectivity index (χ0v) is 11.8. The molecule has 0 spiro atoms.